The topological polar surface area (TPSA) is 84.0 Å². The second-order valence-corrected chi connectivity index (χ2v) is 10.3. The van der Waals surface area contributed by atoms with E-state index in [0.717, 1.165) is 35.4 Å². The lowest BCUT2D eigenvalue weighted by atomic mass is 9.68. The SMILES string of the molecule is COc1ccc(Nc2nc(NCC3CCCCC3)nc(NC3CC4CCC3CC4)n2)cc1C. The van der Waals surface area contributed by atoms with Crippen molar-refractivity contribution in [2.45, 2.75) is 77.2 Å². The molecular formula is C26H38N6O. The molecule has 1 unspecified atom stereocenters. The van der Waals surface area contributed by atoms with Crippen LogP contribution in [0.2, 0.25) is 0 Å². The first-order valence-corrected chi connectivity index (χ1v) is 12.8. The number of hydrogen-bond donors (Lipinski definition) is 3. The normalized spacial score (nSPS) is 25.0. The number of aromatic nitrogens is 3. The largest absolute Gasteiger partial charge is 0.496 e. The molecule has 0 saturated heterocycles. The van der Waals surface area contributed by atoms with Gasteiger partial charge in [-0.3, -0.25) is 0 Å². The van der Waals surface area contributed by atoms with Gasteiger partial charge in [0.25, 0.3) is 0 Å². The lowest BCUT2D eigenvalue weighted by molar-refractivity contribution is 0.157. The quantitative estimate of drug-likeness (QED) is 0.461. The van der Waals surface area contributed by atoms with Crippen LogP contribution in [0.4, 0.5) is 23.5 Å². The van der Waals surface area contributed by atoms with Gasteiger partial charge >= 0.3 is 0 Å². The maximum Gasteiger partial charge on any atom is 0.233 e. The van der Waals surface area contributed by atoms with E-state index in [0.29, 0.717) is 29.8 Å². The third-order valence-corrected chi connectivity index (χ3v) is 7.92. The average molecular weight is 451 g/mol. The minimum Gasteiger partial charge on any atom is -0.496 e. The molecule has 178 valence electrons. The zero-order chi connectivity index (χ0) is 22.6. The Balaban J connectivity index is 1.34. The molecule has 7 heteroatoms. The number of ether oxygens (including phenoxy) is 1. The van der Waals surface area contributed by atoms with Crippen LogP contribution in [0.15, 0.2) is 18.2 Å². The summed E-state index contributed by atoms with van der Waals surface area (Å²) >= 11 is 0. The van der Waals surface area contributed by atoms with Gasteiger partial charge in [-0.25, -0.2) is 0 Å². The first kappa shape index (κ1) is 22.2. The van der Waals surface area contributed by atoms with Crippen molar-refractivity contribution in [2.24, 2.45) is 17.8 Å². The standard InChI is InChI=1S/C26H38N6O/c1-17-14-21(12-13-23(17)33-2)28-25-30-24(27-16-19-6-4-3-5-7-19)31-26(32-25)29-22-15-18-8-10-20(22)11-9-18/h12-14,18-20,22H,3-11,15-16H2,1-2H3,(H3,27,28,29,30,31,32). The van der Waals surface area contributed by atoms with Gasteiger partial charge in [-0.2, -0.15) is 15.0 Å². The van der Waals surface area contributed by atoms with E-state index >= 15 is 0 Å². The number of nitrogens with zero attached hydrogens (tertiary/aromatic N) is 3. The van der Waals surface area contributed by atoms with Crippen LogP contribution in [-0.4, -0.2) is 34.6 Å². The van der Waals surface area contributed by atoms with Gasteiger partial charge in [0.05, 0.1) is 7.11 Å². The number of benzene rings is 1. The van der Waals surface area contributed by atoms with Crippen molar-refractivity contribution in [2.75, 3.05) is 29.6 Å². The Morgan fingerprint density at radius 1 is 0.909 bits per heavy atom. The summed E-state index contributed by atoms with van der Waals surface area (Å²) in [6.45, 7) is 2.97. The Kier molecular flexibility index (Phi) is 6.83. The van der Waals surface area contributed by atoms with Gasteiger partial charge in [0.2, 0.25) is 17.8 Å². The van der Waals surface area contributed by atoms with E-state index in [1.807, 2.05) is 19.1 Å². The van der Waals surface area contributed by atoms with E-state index in [-0.39, 0.29) is 0 Å². The molecular weight excluding hydrogens is 412 g/mol. The molecule has 2 bridgehead atoms. The Morgan fingerprint density at radius 3 is 2.36 bits per heavy atom. The number of fused-ring (bicyclic) bond motifs is 3. The van der Waals surface area contributed by atoms with E-state index in [4.69, 9.17) is 19.7 Å². The molecule has 1 atom stereocenters. The maximum absolute atomic E-state index is 5.40. The summed E-state index contributed by atoms with van der Waals surface area (Å²) in [5.74, 6) is 5.10. The van der Waals surface area contributed by atoms with Crippen LogP contribution in [0, 0.1) is 24.7 Å². The highest BCUT2D eigenvalue weighted by Crippen LogP contribution is 2.42. The predicted molar refractivity (Wildman–Crippen MR) is 133 cm³/mol. The third-order valence-electron chi connectivity index (χ3n) is 7.92. The fraction of sp³-hybridized carbons (Fsp3) is 0.654. The van der Waals surface area contributed by atoms with Crippen molar-refractivity contribution in [1.82, 2.24) is 15.0 Å². The van der Waals surface area contributed by atoms with Crippen LogP contribution in [0.1, 0.15) is 69.8 Å². The highest BCUT2D eigenvalue weighted by Gasteiger charge is 2.36. The molecule has 6 rings (SSSR count). The number of anilines is 4. The summed E-state index contributed by atoms with van der Waals surface area (Å²) in [5.41, 5.74) is 2.02. The zero-order valence-corrected chi connectivity index (χ0v) is 20.1. The van der Waals surface area contributed by atoms with E-state index in [9.17, 15) is 0 Å². The summed E-state index contributed by atoms with van der Waals surface area (Å²) in [7, 11) is 1.70. The van der Waals surface area contributed by atoms with Crippen LogP contribution in [0.3, 0.4) is 0 Å². The third kappa shape index (κ3) is 5.50. The molecule has 3 N–H and O–H groups in total. The van der Waals surface area contributed by atoms with E-state index in [2.05, 4.69) is 22.0 Å². The van der Waals surface area contributed by atoms with Gasteiger partial charge in [-0.05, 0) is 80.5 Å². The number of hydrogen-bond acceptors (Lipinski definition) is 7. The van der Waals surface area contributed by atoms with Gasteiger partial charge in [-0.15, -0.1) is 0 Å². The average Bonchev–Trinajstić information content (AvgIpc) is 2.84. The van der Waals surface area contributed by atoms with Crippen molar-refractivity contribution in [3.05, 3.63) is 23.8 Å². The Hall–Kier alpha value is -2.57. The van der Waals surface area contributed by atoms with Gasteiger partial charge in [0.15, 0.2) is 0 Å². The van der Waals surface area contributed by atoms with Crippen LogP contribution in [0.25, 0.3) is 0 Å². The summed E-state index contributed by atoms with van der Waals surface area (Å²) in [4.78, 5) is 14.2. The molecule has 4 aliphatic carbocycles. The number of rotatable bonds is 8. The Morgan fingerprint density at radius 2 is 1.67 bits per heavy atom. The summed E-state index contributed by atoms with van der Waals surface area (Å²) in [6.07, 6.45) is 13.3. The molecule has 33 heavy (non-hydrogen) atoms. The molecule has 2 aromatic rings. The minimum absolute atomic E-state index is 0.474. The fourth-order valence-electron chi connectivity index (χ4n) is 6.01. The summed E-state index contributed by atoms with van der Waals surface area (Å²) in [5, 5.41) is 10.6. The summed E-state index contributed by atoms with van der Waals surface area (Å²) in [6, 6.07) is 6.50. The van der Waals surface area contributed by atoms with Gasteiger partial charge in [0, 0.05) is 18.3 Å². The lowest BCUT2D eigenvalue weighted by Gasteiger charge is -2.42. The molecule has 4 aliphatic rings. The second kappa shape index (κ2) is 10.1. The molecule has 0 radical (unpaired) electrons. The van der Waals surface area contributed by atoms with Crippen molar-refractivity contribution < 1.29 is 4.74 Å². The van der Waals surface area contributed by atoms with Crippen LogP contribution < -0.4 is 20.7 Å². The molecule has 1 aromatic carbocycles. The number of methoxy groups -OCH3 is 1. The molecule has 7 nitrogen and oxygen atoms in total. The van der Waals surface area contributed by atoms with Crippen molar-refractivity contribution in [3.63, 3.8) is 0 Å². The molecule has 0 aliphatic heterocycles. The lowest BCUT2D eigenvalue weighted by Crippen LogP contribution is -2.40. The van der Waals surface area contributed by atoms with Crippen LogP contribution in [-0.2, 0) is 0 Å². The van der Waals surface area contributed by atoms with Crippen molar-refractivity contribution >= 4 is 23.5 Å². The first-order chi connectivity index (χ1) is 16.2. The van der Waals surface area contributed by atoms with Gasteiger partial charge < -0.3 is 20.7 Å². The minimum atomic E-state index is 0.474. The second-order valence-electron chi connectivity index (χ2n) is 10.3. The molecule has 1 heterocycles. The Labute approximate surface area is 197 Å². The first-order valence-electron chi connectivity index (χ1n) is 12.8. The fourth-order valence-corrected chi connectivity index (χ4v) is 6.01. The van der Waals surface area contributed by atoms with Crippen LogP contribution >= 0.6 is 0 Å². The molecule has 4 saturated carbocycles. The van der Waals surface area contributed by atoms with Crippen LogP contribution in [0.5, 0.6) is 5.75 Å². The Bertz CT molecular complexity index is 936. The number of aryl methyl sites for hydroxylation is 1. The van der Waals surface area contributed by atoms with E-state index in [1.165, 1.54) is 64.2 Å². The maximum atomic E-state index is 5.40. The highest BCUT2D eigenvalue weighted by molar-refractivity contribution is 5.58. The molecule has 0 spiro atoms. The monoisotopic (exact) mass is 450 g/mol. The van der Waals surface area contributed by atoms with Gasteiger partial charge in [0.1, 0.15) is 5.75 Å². The molecule has 4 fully saturated rings. The molecule has 0 amide bonds. The smallest absolute Gasteiger partial charge is 0.233 e. The number of nitrogens with one attached hydrogen (secondary N) is 3. The van der Waals surface area contributed by atoms with Gasteiger partial charge in [-0.1, -0.05) is 32.1 Å². The van der Waals surface area contributed by atoms with E-state index in [1.54, 1.807) is 7.11 Å². The van der Waals surface area contributed by atoms with Crippen molar-refractivity contribution in [3.8, 4) is 5.75 Å². The summed E-state index contributed by atoms with van der Waals surface area (Å²) < 4.78 is 5.40. The predicted octanol–water partition coefficient (Wildman–Crippen LogP) is 5.92. The van der Waals surface area contributed by atoms with Crippen molar-refractivity contribution in [1.29, 1.82) is 0 Å². The van der Waals surface area contributed by atoms with E-state index < -0.39 is 0 Å². The highest BCUT2D eigenvalue weighted by atomic mass is 16.5. The molecule has 1 aromatic heterocycles. The zero-order valence-electron chi connectivity index (χ0n) is 20.1.